The fourth-order valence-electron chi connectivity index (χ4n) is 2.77. The van der Waals surface area contributed by atoms with Crippen LogP contribution in [0.25, 0.3) is 0 Å². The van der Waals surface area contributed by atoms with Crippen molar-refractivity contribution >= 4 is 33.2 Å². The number of halogens is 1. The van der Waals surface area contributed by atoms with Crippen molar-refractivity contribution in [2.24, 2.45) is 0 Å². The van der Waals surface area contributed by atoms with Crippen LogP contribution in [0, 0.1) is 13.8 Å². The van der Waals surface area contributed by atoms with Gasteiger partial charge in [0, 0.05) is 24.5 Å². The van der Waals surface area contributed by atoms with E-state index in [2.05, 4.69) is 15.0 Å². The van der Waals surface area contributed by atoms with Crippen molar-refractivity contribution in [3.8, 4) is 0 Å². The zero-order valence-electron chi connectivity index (χ0n) is 15.9. The molecule has 0 bridgehead atoms. The second kappa shape index (κ2) is 8.63. The molecule has 1 heterocycles. The van der Waals surface area contributed by atoms with Crippen LogP contribution >= 0.6 is 11.6 Å². The smallest absolute Gasteiger partial charge is 0.263 e. The highest BCUT2D eigenvalue weighted by atomic mass is 35.5. The van der Waals surface area contributed by atoms with Crippen molar-refractivity contribution in [1.82, 2.24) is 10.3 Å². The van der Waals surface area contributed by atoms with E-state index < -0.39 is 15.9 Å². The number of pyridine rings is 1. The van der Waals surface area contributed by atoms with Gasteiger partial charge in [0.1, 0.15) is 4.90 Å². The van der Waals surface area contributed by atoms with E-state index in [-0.39, 0.29) is 22.0 Å². The van der Waals surface area contributed by atoms with Crippen LogP contribution in [0.2, 0.25) is 5.02 Å². The van der Waals surface area contributed by atoms with Crippen molar-refractivity contribution in [3.63, 3.8) is 0 Å². The van der Waals surface area contributed by atoms with Crippen LogP contribution in [0.3, 0.4) is 0 Å². The molecule has 6 nitrogen and oxygen atoms in total. The van der Waals surface area contributed by atoms with Gasteiger partial charge >= 0.3 is 0 Å². The van der Waals surface area contributed by atoms with Crippen molar-refractivity contribution in [2.45, 2.75) is 25.3 Å². The molecule has 29 heavy (non-hydrogen) atoms. The Balaban J connectivity index is 1.83. The minimum Gasteiger partial charge on any atom is -0.348 e. The highest BCUT2D eigenvalue weighted by molar-refractivity contribution is 7.92. The maximum Gasteiger partial charge on any atom is 0.263 e. The number of sulfonamides is 1. The van der Waals surface area contributed by atoms with Gasteiger partial charge in [-0.1, -0.05) is 35.4 Å². The van der Waals surface area contributed by atoms with E-state index in [1.165, 1.54) is 18.2 Å². The largest absolute Gasteiger partial charge is 0.348 e. The van der Waals surface area contributed by atoms with E-state index in [1.54, 1.807) is 24.5 Å². The molecule has 0 saturated heterocycles. The zero-order valence-corrected chi connectivity index (χ0v) is 17.5. The predicted molar refractivity (Wildman–Crippen MR) is 114 cm³/mol. The summed E-state index contributed by atoms with van der Waals surface area (Å²) in [7, 11) is -3.97. The molecule has 2 aromatic carbocycles. The van der Waals surface area contributed by atoms with Crippen LogP contribution in [0.1, 0.15) is 27.0 Å². The number of aromatic nitrogens is 1. The van der Waals surface area contributed by atoms with Crippen molar-refractivity contribution in [1.29, 1.82) is 0 Å². The van der Waals surface area contributed by atoms with Gasteiger partial charge in [0.25, 0.3) is 15.9 Å². The minimum absolute atomic E-state index is 0.0334. The first kappa shape index (κ1) is 20.8. The summed E-state index contributed by atoms with van der Waals surface area (Å²) in [5.74, 6) is -0.409. The summed E-state index contributed by atoms with van der Waals surface area (Å²) >= 11 is 6.13. The number of hydrogen-bond donors (Lipinski definition) is 2. The molecule has 2 N–H and O–H groups in total. The lowest BCUT2D eigenvalue weighted by atomic mass is 10.1. The molecule has 0 radical (unpaired) electrons. The molecule has 0 aliphatic rings. The van der Waals surface area contributed by atoms with Crippen LogP contribution in [0.4, 0.5) is 5.69 Å². The van der Waals surface area contributed by atoms with Crippen molar-refractivity contribution in [2.75, 3.05) is 4.72 Å². The third-order valence-corrected chi connectivity index (χ3v) is 6.13. The van der Waals surface area contributed by atoms with Gasteiger partial charge in [-0.25, -0.2) is 8.42 Å². The average Bonchev–Trinajstić information content (AvgIpc) is 2.69. The van der Waals surface area contributed by atoms with Gasteiger partial charge in [0.15, 0.2) is 0 Å². The Hall–Kier alpha value is -2.90. The molecule has 0 unspecified atom stereocenters. The Morgan fingerprint density at radius 2 is 1.90 bits per heavy atom. The van der Waals surface area contributed by atoms with Gasteiger partial charge in [-0.15, -0.1) is 0 Å². The van der Waals surface area contributed by atoms with E-state index in [0.29, 0.717) is 5.69 Å². The lowest BCUT2D eigenvalue weighted by molar-refractivity contribution is 0.0950. The molecule has 3 aromatic rings. The first-order chi connectivity index (χ1) is 13.8. The second-order valence-corrected chi connectivity index (χ2v) is 8.67. The predicted octanol–water partition coefficient (Wildman–Crippen LogP) is 4.08. The number of hydrogen-bond acceptors (Lipinski definition) is 4. The number of carbonyl (C=O) groups excluding carboxylic acids is 1. The molecule has 1 amide bonds. The van der Waals surface area contributed by atoms with Crippen LogP contribution < -0.4 is 10.0 Å². The highest BCUT2D eigenvalue weighted by Crippen LogP contribution is 2.26. The minimum atomic E-state index is -3.97. The number of carbonyl (C=O) groups is 1. The van der Waals surface area contributed by atoms with Gasteiger partial charge in [0.05, 0.1) is 10.7 Å². The Kier molecular flexibility index (Phi) is 6.20. The monoisotopic (exact) mass is 429 g/mol. The summed E-state index contributed by atoms with van der Waals surface area (Å²) in [4.78, 5) is 16.3. The van der Waals surface area contributed by atoms with Crippen molar-refractivity contribution < 1.29 is 13.2 Å². The summed E-state index contributed by atoms with van der Waals surface area (Å²) < 4.78 is 28.3. The fourth-order valence-corrected chi connectivity index (χ4v) is 4.42. The number of nitrogens with one attached hydrogen (secondary N) is 2. The first-order valence-corrected chi connectivity index (χ1v) is 10.7. The number of anilines is 1. The molecule has 150 valence electrons. The van der Waals surface area contributed by atoms with Crippen LogP contribution in [0.15, 0.2) is 65.8 Å². The van der Waals surface area contributed by atoms with E-state index >= 15 is 0 Å². The van der Waals surface area contributed by atoms with Crippen molar-refractivity contribution in [3.05, 3.63) is 88.2 Å². The Morgan fingerprint density at radius 3 is 2.59 bits per heavy atom. The molecule has 8 heteroatoms. The van der Waals surface area contributed by atoms with Gasteiger partial charge in [0.2, 0.25) is 0 Å². The molecule has 3 rings (SSSR count). The number of nitrogens with zero attached hydrogens (tertiary/aromatic N) is 1. The van der Waals surface area contributed by atoms with Gasteiger partial charge in [-0.3, -0.25) is 14.5 Å². The Bertz CT molecular complexity index is 1150. The third-order valence-electron chi connectivity index (χ3n) is 4.28. The summed E-state index contributed by atoms with van der Waals surface area (Å²) in [5, 5.41) is 2.77. The SMILES string of the molecule is Cc1ccc(NS(=O)(=O)c2cc(C(=O)NCc3cccnc3)ccc2Cl)c(C)c1. The molecule has 0 atom stereocenters. The van der Waals surface area contributed by atoms with Crippen LogP contribution in [0.5, 0.6) is 0 Å². The summed E-state index contributed by atoms with van der Waals surface area (Å²) in [6, 6.07) is 13.1. The van der Waals surface area contributed by atoms with E-state index in [0.717, 1.165) is 16.7 Å². The Labute approximate surface area is 175 Å². The number of benzene rings is 2. The number of rotatable bonds is 6. The molecule has 0 fully saturated rings. The molecule has 1 aromatic heterocycles. The highest BCUT2D eigenvalue weighted by Gasteiger charge is 2.21. The summed E-state index contributed by atoms with van der Waals surface area (Å²) in [6.45, 7) is 4.02. The normalized spacial score (nSPS) is 11.1. The summed E-state index contributed by atoms with van der Waals surface area (Å²) in [5.41, 5.74) is 3.29. The molecule has 0 aliphatic heterocycles. The molecular weight excluding hydrogens is 410 g/mol. The molecule has 0 aliphatic carbocycles. The quantitative estimate of drug-likeness (QED) is 0.617. The van der Waals surface area contributed by atoms with E-state index in [4.69, 9.17) is 11.6 Å². The van der Waals surface area contributed by atoms with Crippen LogP contribution in [-0.2, 0) is 16.6 Å². The number of amides is 1. The second-order valence-electron chi connectivity index (χ2n) is 6.61. The van der Waals surface area contributed by atoms with Gasteiger partial charge in [-0.05, 0) is 55.3 Å². The molecule has 0 spiro atoms. The topological polar surface area (TPSA) is 88.2 Å². The molecular formula is C21H20ClN3O3S. The zero-order chi connectivity index (χ0) is 21.0. The standard InChI is InChI=1S/C21H20ClN3O3S/c1-14-5-8-19(15(2)10-14)25-29(27,28)20-11-17(6-7-18(20)22)21(26)24-13-16-4-3-9-23-12-16/h3-12,25H,13H2,1-2H3,(H,24,26). The van der Waals surface area contributed by atoms with E-state index in [1.807, 2.05) is 32.0 Å². The van der Waals surface area contributed by atoms with E-state index in [9.17, 15) is 13.2 Å². The molecule has 0 saturated carbocycles. The van der Waals surface area contributed by atoms with Gasteiger partial charge in [-0.2, -0.15) is 0 Å². The Morgan fingerprint density at radius 1 is 1.10 bits per heavy atom. The third kappa shape index (κ3) is 5.13. The van der Waals surface area contributed by atoms with Gasteiger partial charge < -0.3 is 5.32 Å². The fraction of sp³-hybridized carbons (Fsp3) is 0.143. The maximum atomic E-state index is 12.9. The first-order valence-electron chi connectivity index (χ1n) is 8.83. The maximum absolute atomic E-state index is 12.9. The summed E-state index contributed by atoms with van der Waals surface area (Å²) in [6.07, 6.45) is 3.29. The lowest BCUT2D eigenvalue weighted by Gasteiger charge is -2.13. The van der Waals surface area contributed by atoms with Crippen LogP contribution in [-0.4, -0.2) is 19.3 Å². The number of aryl methyl sites for hydroxylation is 2. The average molecular weight is 430 g/mol. The lowest BCUT2D eigenvalue weighted by Crippen LogP contribution is -2.23.